The van der Waals surface area contributed by atoms with Crippen molar-refractivity contribution in [1.82, 2.24) is 0 Å². The van der Waals surface area contributed by atoms with E-state index in [0.29, 0.717) is 0 Å². The van der Waals surface area contributed by atoms with Crippen molar-refractivity contribution >= 4 is 59.0 Å². The molecule has 0 radical (unpaired) electrons. The Morgan fingerprint density at radius 3 is 1.31 bits per heavy atom. The van der Waals surface area contributed by atoms with Crippen molar-refractivity contribution in [2.75, 3.05) is 7.11 Å². The molecule has 0 aliphatic rings. The molecule has 0 aliphatic heterocycles. The molecule has 0 amide bonds. The Labute approximate surface area is 237 Å². The van der Waals surface area contributed by atoms with Gasteiger partial charge >= 0.3 is 0 Å². The van der Waals surface area contributed by atoms with Gasteiger partial charge in [-0.25, -0.2) is 0 Å². The van der Waals surface area contributed by atoms with E-state index >= 15 is 0 Å². The molecule has 0 aliphatic carbocycles. The Balaban J connectivity index is 1.65. The molecule has 1 aromatic heterocycles. The monoisotopic (exact) mass is 558 g/mol. The highest BCUT2D eigenvalue weighted by atomic mass is 32.1. The third-order valence-electron chi connectivity index (χ3n) is 6.62. The molecule has 1 heterocycles. The second kappa shape index (κ2) is 12.1. The normalized spacial score (nSPS) is 11.2. The molecule has 1 nitrogen and oxygen atoms in total. The Hall–Kier alpha value is -3.54. The SMILES string of the molecule is COc1ccc(-c2scc(P(c3ccccc3)c3ccccc3)c2P(c2ccccc2)c2ccccc2)cc1. The predicted molar refractivity (Wildman–Crippen MR) is 174 cm³/mol. The molecular formula is C35H28OP2S. The maximum atomic E-state index is 5.49. The number of rotatable bonds is 8. The van der Waals surface area contributed by atoms with E-state index in [2.05, 4.69) is 151 Å². The number of ether oxygens (including phenoxy) is 1. The van der Waals surface area contributed by atoms with Gasteiger partial charge in [0.15, 0.2) is 0 Å². The Morgan fingerprint density at radius 2 is 0.897 bits per heavy atom. The first kappa shape index (κ1) is 25.7. The van der Waals surface area contributed by atoms with Crippen LogP contribution in [0.15, 0.2) is 151 Å². The molecule has 190 valence electrons. The summed E-state index contributed by atoms with van der Waals surface area (Å²) in [5.41, 5.74) is 1.23. The van der Waals surface area contributed by atoms with Gasteiger partial charge in [-0.1, -0.05) is 121 Å². The van der Waals surface area contributed by atoms with Crippen LogP contribution in [0, 0.1) is 0 Å². The summed E-state index contributed by atoms with van der Waals surface area (Å²) in [6, 6.07) is 52.7. The van der Waals surface area contributed by atoms with Crippen LogP contribution in [0.25, 0.3) is 10.4 Å². The lowest BCUT2D eigenvalue weighted by atomic mass is 10.2. The second-order valence-corrected chi connectivity index (χ2v) is 14.3. The average Bonchev–Trinajstić information content (AvgIpc) is 3.43. The van der Waals surface area contributed by atoms with E-state index in [0.717, 1.165) is 5.75 Å². The van der Waals surface area contributed by atoms with Crippen molar-refractivity contribution < 1.29 is 4.74 Å². The summed E-state index contributed by atoms with van der Waals surface area (Å²) in [4.78, 5) is 1.34. The Kier molecular flexibility index (Phi) is 7.98. The van der Waals surface area contributed by atoms with Gasteiger partial charge in [-0.3, -0.25) is 0 Å². The van der Waals surface area contributed by atoms with Crippen LogP contribution in [0.4, 0.5) is 0 Å². The summed E-state index contributed by atoms with van der Waals surface area (Å²) in [7, 11) is 0.163. The highest BCUT2D eigenvalue weighted by Crippen LogP contribution is 2.44. The zero-order valence-corrected chi connectivity index (χ0v) is 24.3. The van der Waals surface area contributed by atoms with Gasteiger partial charge in [0.1, 0.15) is 5.75 Å². The molecule has 6 aromatic rings. The molecule has 4 heteroatoms. The zero-order valence-electron chi connectivity index (χ0n) is 21.6. The zero-order chi connectivity index (χ0) is 26.4. The molecular weight excluding hydrogens is 530 g/mol. The van der Waals surface area contributed by atoms with Crippen molar-refractivity contribution in [2.45, 2.75) is 0 Å². The van der Waals surface area contributed by atoms with Crippen LogP contribution < -0.4 is 36.6 Å². The molecule has 39 heavy (non-hydrogen) atoms. The lowest BCUT2D eigenvalue weighted by molar-refractivity contribution is 0.415. The first-order chi connectivity index (χ1) is 19.3. The number of hydrogen-bond acceptors (Lipinski definition) is 2. The van der Waals surface area contributed by atoms with Crippen LogP contribution in [0.5, 0.6) is 5.75 Å². The number of hydrogen-bond donors (Lipinski definition) is 0. The predicted octanol–water partition coefficient (Wildman–Crippen LogP) is 6.94. The van der Waals surface area contributed by atoms with Gasteiger partial charge in [0.25, 0.3) is 0 Å². The lowest BCUT2D eigenvalue weighted by Crippen LogP contribution is -2.33. The van der Waals surface area contributed by atoms with E-state index in [1.807, 2.05) is 11.3 Å². The summed E-state index contributed by atoms with van der Waals surface area (Å²) in [5, 5.41) is 10.8. The molecule has 0 fully saturated rings. The maximum absolute atomic E-state index is 5.49. The van der Waals surface area contributed by atoms with Crippen LogP contribution in [-0.4, -0.2) is 7.11 Å². The smallest absolute Gasteiger partial charge is 0.118 e. The lowest BCUT2D eigenvalue weighted by Gasteiger charge is -2.26. The van der Waals surface area contributed by atoms with E-state index < -0.39 is 15.8 Å². The Morgan fingerprint density at radius 1 is 0.487 bits per heavy atom. The largest absolute Gasteiger partial charge is 0.497 e. The number of methoxy groups -OCH3 is 1. The quantitative estimate of drug-likeness (QED) is 0.184. The van der Waals surface area contributed by atoms with Gasteiger partial charge in [-0.2, -0.15) is 0 Å². The van der Waals surface area contributed by atoms with E-state index in [1.165, 1.54) is 42.3 Å². The molecule has 0 bridgehead atoms. The van der Waals surface area contributed by atoms with Crippen LogP contribution in [0.2, 0.25) is 0 Å². The molecule has 0 unspecified atom stereocenters. The van der Waals surface area contributed by atoms with E-state index in [-0.39, 0.29) is 0 Å². The van der Waals surface area contributed by atoms with Crippen LogP contribution in [-0.2, 0) is 0 Å². The Bertz CT molecular complexity index is 1540. The van der Waals surface area contributed by atoms with Crippen LogP contribution in [0.1, 0.15) is 0 Å². The molecule has 0 saturated heterocycles. The second-order valence-electron chi connectivity index (χ2n) is 9.04. The summed E-state index contributed by atoms with van der Waals surface area (Å²) >= 11 is 1.87. The third-order valence-corrected chi connectivity index (χ3v) is 13.2. The molecule has 6 rings (SSSR count). The van der Waals surface area contributed by atoms with Crippen LogP contribution >= 0.6 is 27.2 Å². The number of benzene rings is 5. The average molecular weight is 559 g/mol. The van der Waals surface area contributed by atoms with Crippen molar-refractivity contribution in [1.29, 1.82) is 0 Å². The fourth-order valence-electron chi connectivity index (χ4n) is 4.81. The summed E-state index contributed by atoms with van der Waals surface area (Å²) in [6.07, 6.45) is 0. The van der Waals surface area contributed by atoms with Gasteiger partial charge in [0.2, 0.25) is 0 Å². The van der Waals surface area contributed by atoms with Crippen molar-refractivity contribution in [3.63, 3.8) is 0 Å². The minimum atomic E-state index is -0.803. The third kappa shape index (κ3) is 5.47. The van der Waals surface area contributed by atoms with Gasteiger partial charge in [0, 0.05) is 20.9 Å². The van der Waals surface area contributed by atoms with Gasteiger partial charge in [0.05, 0.1) is 7.11 Å². The summed E-state index contributed by atoms with van der Waals surface area (Å²) in [5.74, 6) is 0.876. The van der Waals surface area contributed by atoms with Gasteiger partial charge in [-0.05, 0) is 66.9 Å². The fourth-order valence-corrected chi connectivity index (χ4v) is 11.9. The molecule has 0 spiro atoms. The van der Waals surface area contributed by atoms with Crippen molar-refractivity contribution in [2.24, 2.45) is 0 Å². The minimum Gasteiger partial charge on any atom is -0.497 e. The highest BCUT2D eigenvalue weighted by molar-refractivity contribution is 7.86. The van der Waals surface area contributed by atoms with E-state index in [4.69, 9.17) is 4.74 Å². The molecule has 5 aromatic carbocycles. The fraction of sp³-hybridized carbons (Fsp3) is 0.0286. The van der Waals surface area contributed by atoms with E-state index in [9.17, 15) is 0 Å². The topological polar surface area (TPSA) is 9.23 Å². The standard InChI is InChI=1S/C35H28OP2S/c1-36-28-24-22-27(23-25-28)35-34(38(31-18-10-4-11-19-31)32-20-12-5-13-21-32)33(26-39-35)37(29-14-6-2-7-15-29)30-16-8-3-9-17-30/h2-26H,1H3. The molecule has 0 saturated carbocycles. The highest BCUT2D eigenvalue weighted by Gasteiger charge is 2.30. The minimum absolute atomic E-state index is 0.757. The first-order valence-corrected chi connectivity index (χ1v) is 16.5. The summed E-state index contributed by atoms with van der Waals surface area (Å²) in [6.45, 7) is 0. The van der Waals surface area contributed by atoms with Crippen LogP contribution in [0.3, 0.4) is 0 Å². The summed E-state index contributed by atoms with van der Waals surface area (Å²) < 4.78 is 5.49. The van der Waals surface area contributed by atoms with Crippen molar-refractivity contribution in [3.05, 3.63) is 151 Å². The molecule has 0 atom stereocenters. The maximum Gasteiger partial charge on any atom is 0.118 e. The van der Waals surface area contributed by atoms with Crippen molar-refractivity contribution in [3.8, 4) is 16.2 Å². The van der Waals surface area contributed by atoms with E-state index in [1.54, 1.807) is 7.11 Å². The van der Waals surface area contributed by atoms with Gasteiger partial charge in [-0.15, -0.1) is 11.3 Å². The first-order valence-electron chi connectivity index (χ1n) is 12.9. The van der Waals surface area contributed by atoms with Gasteiger partial charge < -0.3 is 4.74 Å². The number of thiophene rings is 1. The molecule has 0 N–H and O–H groups in total.